The Morgan fingerprint density at radius 1 is 1.44 bits per heavy atom. The van der Waals surface area contributed by atoms with E-state index in [2.05, 4.69) is 17.2 Å². The van der Waals surface area contributed by atoms with Crippen LogP contribution in [0.2, 0.25) is 0 Å². The van der Waals surface area contributed by atoms with Gasteiger partial charge in [0.05, 0.1) is 11.1 Å². The molecule has 0 bridgehead atoms. The van der Waals surface area contributed by atoms with Crippen LogP contribution in [0.25, 0.3) is 0 Å². The summed E-state index contributed by atoms with van der Waals surface area (Å²) in [5, 5.41) is 11.3. The van der Waals surface area contributed by atoms with Crippen LogP contribution in [0.5, 0.6) is 0 Å². The van der Waals surface area contributed by atoms with Crippen LogP contribution < -0.4 is 5.32 Å². The van der Waals surface area contributed by atoms with Gasteiger partial charge in [-0.2, -0.15) is 0 Å². The fraction of sp³-hybridized carbons (Fsp3) is 0.231. The number of benzene rings is 1. The summed E-state index contributed by atoms with van der Waals surface area (Å²) in [4.78, 5) is 21.3. The van der Waals surface area contributed by atoms with Crippen LogP contribution in [-0.2, 0) is 4.79 Å². The highest BCUT2D eigenvalue weighted by atomic mass is 19.1. The first-order chi connectivity index (χ1) is 8.50. The van der Waals surface area contributed by atoms with E-state index in [-0.39, 0.29) is 17.0 Å². The molecule has 0 aliphatic rings. The first-order valence-corrected chi connectivity index (χ1v) is 5.27. The molecular formula is C13H12FNO3. The van der Waals surface area contributed by atoms with E-state index >= 15 is 0 Å². The van der Waals surface area contributed by atoms with Crippen molar-refractivity contribution in [1.29, 1.82) is 0 Å². The Morgan fingerprint density at radius 2 is 2.17 bits per heavy atom. The predicted octanol–water partition coefficient (Wildman–Crippen LogP) is 1.40. The number of hydrogen-bond donors (Lipinski definition) is 2. The van der Waals surface area contributed by atoms with E-state index in [9.17, 15) is 14.0 Å². The Hall–Kier alpha value is -2.35. The van der Waals surface area contributed by atoms with Crippen molar-refractivity contribution in [2.45, 2.75) is 13.3 Å². The minimum Gasteiger partial charge on any atom is -0.478 e. The van der Waals surface area contributed by atoms with Crippen LogP contribution in [0.3, 0.4) is 0 Å². The SMILES string of the molecule is CC(=O)NCCC#Cc1cc(C(=O)O)ccc1F. The molecule has 5 heteroatoms. The number of carbonyl (C=O) groups is 2. The lowest BCUT2D eigenvalue weighted by atomic mass is 10.1. The van der Waals surface area contributed by atoms with Crippen molar-refractivity contribution in [3.8, 4) is 11.8 Å². The molecule has 94 valence electrons. The molecule has 1 aromatic rings. The molecule has 0 atom stereocenters. The third-order valence-corrected chi connectivity index (χ3v) is 2.06. The third-order valence-electron chi connectivity index (χ3n) is 2.06. The zero-order valence-corrected chi connectivity index (χ0v) is 9.79. The molecule has 0 saturated heterocycles. The van der Waals surface area contributed by atoms with E-state index in [1.807, 2.05) is 0 Å². The van der Waals surface area contributed by atoms with Gasteiger partial charge in [-0.25, -0.2) is 9.18 Å². The molecule has 0 unspecified atom stereocenters. The molecule has 1 amide bonds. The van der Waals surface area contributed by atoms with E-state index in [1.54, 1.807) is 0 Å². The smallest absolute Gasteiger partial charge is 0.335 e. The molecule has 2 N–H and O–H groups in total. The van der Waals surface area contributed by atoms with Crippen molar-refractivity contribution in [3.63, 3.8) is 0 Å². The molecule has 1 rings (SSSR count). The molecule has 0 saturated carbocycles. The zero-order chi connectivity index (χ0) is 13.5. The van der Waals surface area contributed by atoms with Crippen molar-refractivity contribution in [2.75, 3.05) is 6.54 Å². The fourth-order valence-corrected chi connectivity index (χ4v) is 1.21. The summed E-state index contributed by atoms with van der Waals surface area (Å²) in [6.07, 6.45) is 0.371. The number of aromatic carboxylic acids is 1. The molecule has 1 aromatic carbocycles. The van der Waals surface area contributed by atoms with Gasteiger partial charge in [-0.05, 0) is 18.2 Å². The summed E-state index contributed by atoms with van der Waals surface area (Å²) in [6, 6.07) is 3.44. The Bertz CT molecular complexity index is 529. The van der Waals surface area contributed by atoms with E-state index in [1.165, 1.54) is 19.1 Å². The van der Waals surface area contributed by atoms with Gasteiger partial charge in [-0.1, -0.05) is 11.8 Å². The van der Waals surface area contributed by atoms with E-state index < -0.39 is 11.8 Å². The summed E-state index contributed by atoms with van der Waals surface area (Å²) >= 11 is 0. The minimum absolute atomic E-state index is 0.0115. The molecule has 4 nitrogen and oxygen atoms in total. The number of halogens is 1. The lowest BCUT2D eigenvalue weighted by Crippen LogP contribution is -2.20. The normalized spacial score (nSPS) is 9.22. The largest absolute Gasteiger partial charge is 0.478 e. The molecule has 0 aliphatic carbocycles. The quantitative estimate of drug-likeness (QED) is 0.628. The van der Waals surface area contributed by atoms with Crippen molar-refractivity contribution in [3.05, 3.63) is 35.1 Å². The van der Waals surface area contributed by atoms with Crippen molar-refractivity contribution in [2.24, 2.45) is 0 Å². The number of amides is 1. The summed E-state index contributed by atoms with van der Waals surface area (Å²) in [7, 11) is 0. The number of carbonyl (C=O) groups excluding carboxylic acids is 1. The summed E-state index contributed by atoms with van der Waals surface area (Å²) < 4.78 is 13.3. The maximum Gasteiger partial charge on any atom is 0.335 e. The van der Waals surface area contributed by atoms with E-state index in [4.69, 9.17) is 5.11 Å². The number of hydrogen-bond acceptors (Lipinski definition) is 2. The Morgan fingerprint density at radius 3 is 2.78 bits per heavy atom. The van der Waals surface area contributed by atoms with Gasteiger partial charge in [0.1, 0.15) is 5.82 Å². The van der Waals surface area contributed by atoms with E-state index in [0.717, 1.165) is 6.07 Å². The summed E-state index contributed by atoms with van der Waals surface area (Å²) in [5.41, 5.74) is 0.0280. The van der Waals surface area contributed by atoms with Gasteiger partial charge >= 0.3 is 5.97 Å². The van der Waals surface area contributed by atoms with Crippen molar-refractivity contribution >= 4 is 11.9 Å². The Labute approximate surface area is 104 Å². The molecule has 0 aliphatic heterocycles. The number of carboxylic acid groups (broad SMARTS) is 1. The lowest BCUT2D eigenvalue weighted by Gasteiger charge is -1.98. The maximum atomic E-state index is 13.3. The highest BCUT2D eigenvalue weighted by Gasteiger charge is 2.06. The van der Waals surface area contributed by atoms with Gasteiger partial charge in [-0.3, -0.25) is 4.79 Å². The van der Waals surface area contributed by atoms with Gasteiger partial charge in [-0.15, -0.1) is 0 Å². The first kappa shape index (κ1) is 13.7. The predicted molar refractivity (Wildman–Crippen MR) is 63.5 cm³/mol. The Kier molecular flexibility index (Phi) is 4.88. The van der Waals surface area contributed by atoms with Gasteiger partial charge in [0, 0.05) is 19.9 Å². The van der Waals surface area contributed by atoms with Crippen molar-refractivity contribution < 1.29 is 19.1 Å². The standard InChI is InChI=1S/C13H12FNO3/c1-9(16)15-7-3-2-4-10-8-11(13(17)18)5-6-12(10)14/h5-6,8H,3,7H2,1H3,(H,15,16)(H,17,18). The van der Waals surface area contributed by atoms with Gasteiger partial charge in [0.25, 0.3) is 0 Å². The van der Waals surface area contributed by atoms with Gasteiger partial charge in [0.15, 0.2) is 0 Å². The highest BCUT2D eigenvalue weighted by molar-refractivity contribution is 5.88. The fourth-order valence-electron chi connectivity index (χ4n) is 1.21. The highest BCUT2D eigenvalue weighted by Crippen LogP contribution is 2.09. The molecule has 0 radical (unpaired) electrons. The molecule has 0 fully saturated rings. The average Bonchev–Trinajstić information content (AvgIpc) is 2.30. The maximum absolute atomic E-state index is 13.3. The number of carboxylic acids is 1. The number of rotatable bonds is 3. The minimum atomic E-state index is -1.13. The summed E-state index contributed by atoms with van der Waals surface area (Å²) in [6.45, 7) is 1.77. The molecule has 0 aromatic heterocycles. The van der Waals surface area contributed by atoms with Crippen LogP contribution in [0.15, 0.2) is 18.2 Å². The molecule has 18 heavy (non-hydrogen) atoms. The molecular weight excluding hydrogens is 237 g/mol. The van der Waals surface area contributed by atoms with Crippen molar-refractivity contribution in [1.82, 2.24) is 5.32 Å². The second kappa shape index (κ2) is 6.40. The van der Waals surface area contributed by atoms with Crippen LogP contribution in [-0.4, -0.2) is 23.5 Å². The topological polar surface area (TPSA) is 66.4 Å². The van der Waals surface area contributed by atoms with Crippen LogP contribution in [0, 0.1) is 17.7 Å². The second-order valence-corrected chi connectivity index (χ2v) is 3.53. The van der Waals surface area contributed by atoms with Crippen LogP contribution in [0.4, 0.5) is 4.39 Å². The third kappa shape index (κ3) is 4.26. The number of nitrogens with one attached hydrogen (secondary N) is 1. The average molecular weight is 249 g/mol. The van der Waals surface area contributed by atoms with Gasteiger partial charge < -0.3 is 10.4 Å². The van der Waals surface area contributed by atoms with Crippen LogP contribution >= 0.6 is 0 Å². The van der Waals surface area contributed by atoms with Crippen LogP contribution in [0.1, 0.15) is 29.3 Å². The monoisotopic (exact) mass is 249 g/mol. The summed E-state index contributed by atoms with van der Waals surface area (Å²) in [5.74, 6) is 3.36. The lowest BCUT2D eigenvalue weighted by molar-refractivity contribution is -0.118. The zero-order valence-electron chi connectivity index (χ0n) is 9.79. The second-order valence-electron chi connectivity index (χ2n) is 3.53. The van der Waals surface area contributed by atoms with Gasteiger partial charge in [0.2, 0.25) is 5.91 Å². The molecule has 0 spiro atoms. The molecule has 0 heterocycles. The Balaban J connectivity index is 2.71. The first-order valence-electron chi connectivity index (χ1n) is 5.27. The van der Waals surface area contributed by atoms with E-state index in [0.29, 0.717) is 13.0 Å².